The number of aliphatic hydroxyl groups is 2. The van der Waals surface area contributed by atoms with Crippen LogP contribution in [0.3, 0.4) is 0 Å². The molecule has 0 saturated carbocycles. The second-order valence-electron chi connectivity index (χ2n) is 20.0. The number of unbranched alkanes of at least 4 members (excludes halogenated alkanes) is 37. The molecule has 0 fully saturated rings. The van der Waals surface area contributed by atoms with Crippen LogP contribution in [0.4, 0.5) is 0 Å². The molecule has 0 aliphatic rings. The van der Waals surface area contributed by atoms with Crippen LogP contribution in [0.25, 0.3) is 0 Å². The molecule has 0 aromatic carbocycles. The topological polar surface area (TPSA) is 95.9 Å². The molecular formula is C59H113NO5. The number of hydrogen-bond donors (Lipinski definition) is 3. The van der Waals surface area contributed by atoms with E-state index in [-0.39, 0.29) is 24.9 Å². The molecule has 6 nitrogen and oxygen atoms in total. The number of aliphatic hydroxyl groups excluding tert-OH is 2. The summed E-state index contributed by atoms with van der Waals surface area (Å²) in [6.07, 6.45) is 62.5. The minimum atomic E-state index is -0.790. The first kappa shape index (κ1) is 63.3. The van der Waals surface area contributed by atoms with Crippen molar-refractivity contribution < 1.29 is 24.5 Å². The highest BCUT2D eigenvalue weighted by Gasteiger charge is 2.24. The summed E-state index contributed by atoms with van der Waals surface area (Å²) in [6, 6.07) is -0.705. The number of hydrogen-bond acceptors (Lipinski definition) is 5. The lowest BCUT2D eigenvalue weighted by molar-refractivity contribution is -0.151. The molecule has 0 heterocycles. The van der Waals surface area contributed by atoms with Gasteiger partial charge in [-0.2, -0.15) is 0 Å². The van der Waals surface area contributed by atoms with Crippen molar-refractivity contribution in [2.75, 3.05) is 6.61 Å². The molecule has 0 bridgehead atoms. The van der Waals surface area contributed by atoms with E-state index >= 15 is 0 Å². The molecule has 65 heavy (non-hydrogen) atoms. The van der Waals surface area contributed by atoms with Crippen LogP contribution in [0.15, 0.2) is 24.3 Å². The monoisotopic (exact) mass is 916 g/mol. The summed E-state index contributed by atoms with van der Waals surface area (Å²) in [6.45, 7) is 6.51. The Morgan fingerprint density at radius 3 is 1.11 bits per heavy atom. The lowest BCUT2D eigenvalue weighted by Crippen LogP contribution is -2.46. The largest absolute Gasteiger partial charge is 0.462 e. The molecule has 0 radical (unpaired) electrons. The maximum Gasteiger partial charge on any atom is 0.306 e. The van der Waals surface area contributed by atoms with Gasteiger partial charge in [-0.3, -0.25) is 9.59 Å². The van der Waals surface area contributed by atoms with Gasteiger partial charge in [0.05, 0.1) is 25.2 Å². The molecule has 384 valence electrons. The van der Waals surface area contributed by atoms with E-state index in [9.17, 15) is 19.8 Å². The van der Waals surface area contributed by atoms with E-state index in [0.717, 1.165) is 64.2 Å². The Morgan fingerprint density at radius 1 is 0.431 bits per heavy atom. The molecule has 0 aromatic heterocycles. The van der Waals surface area contributed by atoms with Gasteiger partial charge in [0.1, 0.15) is 6.10 Å². The Hall–Kier alpha value is -1.66. The quantitative estimate of drug-likeness (QED) is 0.0321. The number of amides is 1. The van der Waals surface area contributed by atoms with Crippen LogP contribution >= 0.6 is 0 Å². The number of esters is 1. The van der Waals surface area contributed by atoms with E-state index in [0.29, 0.717) is 19.3 Å². The standard InChI is InChI=1S/C59H113NO5/c1-4-7-10-13-16-19-22-25-27-29-30-32-34-37-40-43-46-49-52-59(64)65-55(50-47-44-41-38-35-33-31-28-26-23-20-17-14-11-8-5-2)53-58(63)60-56(54-61)57(62)51-48-45-42-39-36-24-21-18-15-12-9-6-3/h30,32-33,35,55-57,61-62H,4-29,31,34,36-54H2,1-3H3,(H,60,63)/b32-30+,35-33+. The Balaban J connectivity index is 4.56. The number of carbonyl (C=O) groups excluding carboxylic acids is 2. The van der Waals surface area contributed by atoms with Gasteiger partial charge >= 0.3 is 5.97 Å². The SMILES string of the molecule is CCCCCCCCCCC/C=C/CCCCCCCC(=O)OC(CCCCC/C=C/CCCCCCCCCCC)CC(=O)NC(CO)C(O)CCCCCCCCCCCCCC. The second-order valence-corrected chi connectivity index (χ2v) is 20.0. The fourth-order valence-electron chi connectivity index (χ4n) is 9.07. The first-order valence-corrected chi connectivity index (χ1v) is 29.1. The molecule has 0 aliphatic heterocycles. The van der Waals surface area contributed by atoms with Gasteiger partial charge in [0.25, 0.3) is 0 Å². The molecule has 6 heteroatoms. The van der Waals surface area contributed by atoms with E-state index < -0.39 is 18.2 Å². The fraction of sp³-hybridized carbons (Fsp3) is 0.898. The van der Waals surface area contributed by atoms with Gasteiger partial charge in [-0.05, 0) is 77.0 Å². The maximum absolute atomic E-state index is 13.3. The normalized spacial score (nSPS) is 13.2. The molecule has 0 spiro atoms. The van der Waals surface area contributed by atoms with Gasteiger partial charge in [-0.15, -0.1) is 0 Å². The van der Waals surface area contributed by atoms with Crippen LogP contribution in [0.5, 0.6) is 0 Å². The maximum atomic E-state index is 13.3. The van der Waals surface area contributed by atoms with Gasteiger partial charge < -0.3 is 20.3 Å². The summed E-state index contributed by atoms with van der Waals surface area (Å²) < 4.78 is 5.96. The van der Waals surface area contributed by atoms with Crippen LogP contribution in [-0.4, -0.2) is 46.9 Å². The number of ether oxygens (including phenoxy) is 1. The van der Waals surface area contributed by atoms with E-state index in [4.69, 9.17) is 4.74 Å². The molecule has 3 atom stereocenters. The second kappa shape index (κ2) is 53.3. The van der Waals surface area contributed by atoms with Crippen molar-refractivity contribution in [1.82, 2.24) is 5.32 Å². The molecule has 1 amide bonds. The lowest BCUT2D eigenvalue weighted by atomic mass is 10.0. The van der Waals surface area contributed by atoms with E-state index in [1.165, 1.54) is 205 Å². The van der Waals surface area contributed by atoms with Crippen molar-refractivity contribution in [3.63, 3.8) is 0 Å². The van der Waals surface area contributed by atoms with Crippen LogP contribution in [0.2, 0.25) is 0 Å². The molecule has 0 rings (SSSR count). The van der Waals surface area contributed by atoms with E-state index in [1.54, 1.807) is 0 Å². The van der Waals surface area contributed by atoms with Crippen molar-refractivity contribution in [2.45, 2.75) is 334 Å². The van der Waals surface area contributed by atoms with Gasteiger partial charge in [0, 0.05) is 6.42 Å². The smallest absolute Gasteiger partial charge is 0.306 e. The van der Waals surface area contributed by atoms with Crippen molar-refractivity contribution in [3.8, 4) is 0 Å². The average Bonchev–Trinajstić information content (AvgIpc) is 3.30. The Morgan fingerprint density at radius 2 is 0.738 bits per heavy atom. The van der Waals surface area contributed by atoms with Gasteiger partial charge in [-0.1, -0.05) is 251 Å². The van der Waals surface area contributed by atoms with Gasteiger partial charge in [0.2, 0.25) is 5.91 Å². The van der Waals surface area contributed by atoms with Crippen LogP contribution < -0.4 is 5.32 Å². The molecule has 3 N–H and O–H groups in total. The van der Waals surface area contributed by atoms with Crippen molar-refractivity contribution >= 4 is 11.9 Å². The molecular weight excluding hydrogens is 803 g/mol. The summed E-state index contributed by atoms with van der Waals surface area (Å²) >= 11 is 0. The predicted molar refractivity (Wildman–Crippen MR) is 283 cm³/mol. The van der Waals surface area contributed by atoms with Gasteiger partial charge in [0.15, 0.2) is 0 Å². The average molecular weight is 917 g/mol. The van der Waals surface area contributed by atoms with Crippen LogP contribution in [0, 0.1) is 0 Å². The predicted octanol–water partition coefficient (Wildman–Crippen LogP) is 17.9. The Labute approximate surface area is 405 Å². The third kappa shape index (κ3) is 48.6. The summed E-state index contributed by atoms with van der Waals surface area (Å²) in [5, 5.41) is 23.8. The van der Waals surface area contributed by atoms with Crippen LogP contribution in [-0.2, 0) is 14.3 Å². The summed E-state index contributed by atoms with van der Waals surface area (Å²) in [7, 11) is 0. The zero-order valence-corrected chi connectivity index (χ0v) is 43.9. The third-order valence-electron chi connectivity index (χ3n) is 13.5. The molecule has 3 unspecified atom stereocenters. The minimum Gasteiger partial charge on any atom is -0.462 e. The van der Waals surface area contributed by atoms with Crippen LogP contribution in [0.1, 0.15) is 316 Å². The molecule has 0 saturated heterocycles. The van der Waals surface area contributed by atoms with E-state index in [1.807, 2.05) is 0 Å². The number of rotatable bonds is 53. The van der Waals surface area contributed by atoms with Gasteiger partial charge in [-0.25, -0.2) is 0 Å². The zero-order chi connectivity index (χ0) is 47.4. The Kier molecular flexibility index (Phi) is 51.9. The highest BCUT2D eigenvalue weighted by molar-refractivity contribution is 5.77. The molecule has 0 aliphatic carbocycles. The fourth-order valence-corrected chi connectivity index (χ4v) is 9.07. The first-order valence-electron chi connectivity index (χ1n) is 29.1. The first-order chi connectivity index (χ1) is 32.0. The van der Waals surface area contributed by atoms with E-state index in [2.05, 4.69) is 50.4 Å². The summed E-state index contributed by atoms with van der Waals surface area (Å²) in [5.41, 5.74) is 0. The summed E-state index contributed by atoms with van der Waals surface area (Å²) in [4.78, 5) is 26.3. The number of allylic oxidation sites excluding steroid dienone is 4. The summed E-state index contributed by atoms with van der Waals surface area (Å²) in [5.74, 6) is -0.482. The highest BCUT2D eigenvalue weighted by Crippen LogP contribution is 2.18. The van der Waals surface area contributed by atoms with Crippen molar-refractivity contribution in [2.24, 2.45) is 0 Å². The minimum absolute atomic E-state index is 0.0683. The number of carbonyl (C=O) groups is 2. The molecule has 0 aromatic rings. The Bertz CT molecular complexity index is 1030. The third-order valence-corrected chi connectivity index (χ3v) is 13.5. The lowest BCUT2D eigenvalue weighted by Gasteiger charge is -2.24. The van der Waals surface area contributed by atoms with Crippen molar-refractivity contribution in [3.05, 3.63) is 24.3 Å². The number of nitrogens with one attached hydrogen (secondary N) is 1. The highest BCUT2D eigenvalue weighted by atomic mass is 16.5. The zero-order valence-electron chi connectivity index (χ0n) is 43.9. The van der Waals surface area contributed by atoms with Crippen molar-refractivity contribution in [1.29, 1.82) is 0 Å².